The van der Waals surface area contributed by atoms with Crippen LogP contribution >= 0.6 is 0 Å². The van der Waals surface area contributed by atoms with E-state index in [4.69, 9.17) is 0 Å². The van der Waals surface area contributed by atoms with Gasteiger partial charge in [0.1, 0.15) is 0 Å². The number of hydrogen-bond donors (Lipinski definition) is 1. The molecule has 3 heteroatoms. The predicted octanol–water partition coefficient (Wildman–Crippen LogP) is 2.70. The molecule has 2 rings (SSSR count). The Labute approximate surface area is 111 Å². The van der Waals surface area contributed by atoms with Gasteiger partial charge in [-0.15, -0.1) is 0 Å². The first-order valence-corrected chi connectivity index (χ1v) is 7.83. The quantitative estimate of drug-likeness (QED) is 0.816. The average Bonchev–Trinajstić information content (AvgIpc) is 2.90. The molecule has 18 heavy (non-hydrogen) atoms. The maximum Gasteiger partial charge on any atom is 0.234 e. The summed E-state index contributed by atoms with van der Waals surface area (Å²) in [4.78, 5) is 14.4. The lowest BCUT2D eigenvalue weighted by Crippen LogP contribution is -2.45. The fraction of sp³-hybridized carbons (Fsp3) is 0.933. The molecule has 0 unspecified atom stereocenters. The van der Waals surface area contributed by atoms with E-state index in [-0.39, 0.29) is 5.91 Å². The van der Waals surface area contributed by atoms with E-state index in [9.17, 15) is 4.79 Å². The highest BCUT2D eigenvalue weighted by atomic mass is 16.2. The first-order valence-electron chi connectivity index (χ1n) is 7.83. The van der Waals surface area contributed by atoms with Crippen LogP contribution in [0.4, 0.5) is 0 Å². The molecule has 2 aliphatic rings. The molecule has 0 aromatic heterocycles. The summed E-state index contributed by atoms with van der Waals surface area (Å²) in [6.45, 7) is 3.79. The number of rotatable bonds is 5. The Balaban J connectivity index is 1.75. The summed E-state index contributed by atoms with van der Waals surface area (Å²) in [6.07, 6.45) is 11.5. The van der Waals surface area contributed by atoms with Gasteiger partial charge in [-0.25, -0.2) is 0 Å². The van der Waals surface area contributed by atoms with Crippen LogP contribution in [0.5, 0.6) is 0 Å². The van der Waals surface area contributed by atoms with Gasteiger partial charge >= 0.3 is 0 Å². The Bertz CT molecular complexity index is 255. The van der Waals surface area contributed by atoms with Crippen LogP contribution in [0.15, 0.2) is 0 Å². The van der Waals surface area contributed by atoms with Gasteiger partial charge in [0.25, 0.3) is 0 Å². The minimum absolute atomic E-state index is 0.245. The number of nitrogens with one attached hydrogen (secondary N) is 1. The predicted molar refractivity (Wildman–Crippen MR) is 74.5 cm³/mol. The number of carbonyl (C=O) groups is 1. The van der Waals surface area contributed by atoms with E-state index in [0.717, 1.165) is 6.54 Å². The van der Waals surface area contributed by atoms with Crippen molar-refractivity contribution in [3.8, 4) is 0 Å². The SMILES string of the molecule is CCN(CC(=O)NC1CCCC1)C1CCCCC1. The van der Waals surface area contributed by atoms with Gasteiger partial charge in [0.2, 0.25) is 5.91 Å². The van der Waals surface area contributed by atoms with E-state index < -0.39 is 0 Å². The molecular formula is C15H28N2O. The molecule has 2 aliphatic carbocycles. The maximum absolute atomic E-state index is 12.1. The van der Waals surface area contributed by atoms with E-state index in [2.05, 4.69) is 17.1 Å². The highest BCUT2D eigenvalue weighted by Gasteiger charge is 2.23. The monoisotopic (exact) mass is 252 g/mol. The van der Waals surface area contributed by atoms with Gasteiger partial charge in [-0.1, -0.05) is 39.0 Å². The van der Waals surface area contributed by atoms with Crippen molar-refractivity contribution in [3.63, 3.8) is 0 Å². The molecular weight excluding hydrogens is 224 g/mol. The summed E-state index contributed by atoms with van der Waals surface area (Å²) in [5.74, 6) is 0.245. The maximum atomic E-state index is 12.1. The van der Waals surface area contributed by atoms with Crippen molar-refractivity contribution in [1.82, 2.24) is 10.2 Å². The van der Waals surface area contributed by atoms with Crippen LogP contribution < -0.4 is 5.32 Å². The van der Waals surface area contributed by atoms with E-state index in [1.807, 2.05) is 0 Å². The molecule has 2 saturated carbocycles. The van der Waals surface area contributed by atoms with Crippen LogP contribution in [-0.4, -0.2) is 36.0 Å². The highest BCUT2D eigenvalue weighted by molar-refractivity contribution is 5.78. The molecule has 0 aromatic carbocycles. The standard InChI is InChI=1S/C15H28N2O/c1-2-17(14-10-4-3-5-11-14)12-15(18)16-13-8-6-7-9-13/h13-14H,2-12H2,1H3,(H,16,18). The summed E-state index contributed by atoms with van der Waals surface area (Å²) < 4.78 is 0. The van der Waals surface area contributed by atoms with E-state index in [1.165, 1.54) is 57.8 Å². The van der Waals surface area contributed by atoms with Gasteiger partial charge in [-0.05, 0) is 32.2 Å². The molecule has 0 heterocycles. The molecule has 0 spiro atoms. The lowest BCUT2D eigenvalue weighted by Gasteiger charge is -2.33. The second kappa shape index (κ2) is 7.13. The van der Waals surface area contributed by atoms with Gasteiger partial charge in [-0.3, -0.25) is 9.69 Å². The van der Waals surface area contributed by atoms with Crippen molar-refractivity contribution in [3.05, 3.63) is 0 Å². The Morgan fingerprint density at radius 3 is 2.28 bits per heavy atom. The van der Waals surface area contributed by atoms with Crippen LogP contribution in [0.1, 0.15) is 64.7 Å². The number of hydrogen-bond acceptors (Lipinski definition) is 2. The Morgan fingerprint density at radius 1 is 1.06 bits per heavy atom. The molecule has 1 N–H and O–H groups in total. The van der Waals surface area contributed by atoms with Crippen LogP contribution in [0.25, 0.3) is 0 Å². The topological polar surface area (TPSA) is 32.3 Å². The molecule has 0 aromatic rings. The Hall–Kier alpha value is -0.570. The number of nitrogens with zero attached hydrogens (tertiary/aromatic N) is 1. The lowest BCUT2D eigenvalue weighted by molar-refractivity contribution is -0.123. The van der Waals surface area contributed by atoms with Crippen molar-refractivity contribution in [1.29, 1.82) is 0 Å². The summed E-state index contributed by atoms with van der Waals surface area (Å²) in [6, 6.07) is 1.11. The second-order valence-electron chi connectivity index (χ2n) is 5.90. The number of carbonyl (C=O) groups excluding carboxylic acids is 1. The normalized spacial score (nSPS) is 22.6. The zero-order valence-corrected chi connectivity index (χ0v) is 11.8. The zero-order chi connectivity index (χ0) is 12.8. The second-order valence-corrected chi connectivity index (χ2v) is 5.90. The van der Waals surface area contributed by atoms with E-state index in [0.29, 0.717) is 18.6 Å². The third kappa shape index (κ3) is 3.98. The largest absolute Gasteiger partial charge is 0.352 e. The molecule has 0 aliphatic heterocycles. The minimum atomic E-state index is 0.245. The van der Waals surface area contributed by atoms with Crippen LogP contribution in [0.3, 0.4) is 0 Å². The number of likely N-dealkylation sites (N-methyl/N-ethyl adjacent to an activating group) is 1. The molecule has 2 fully saturated rings. The van der Waals surface area contributed by atoms with Crippen molar-refractivity contribution in [2.24, 2.45) is 0 Å². The summed E-state index contributed by atoms with van der Waals surface area (Å²) >= 11 is 0. The van der Waals surface area contributed by atoms with Crippen LogP contribution in [0, 0.1) is 0 Å². The molecule has 0 bridgehead atoms. The third-order valence-electron chi connectivity index (χ3n) is 4.56. The molecule has 3 nitrogen and oxygen atoms in total. The Morgan fingerprint density at radius 2 is 1.67 bits per heavy atom. The van der Waals surface area contributed by atoms with Crippen molar-refractivity contribution < 1.29 is 4.79 Å². The Kier molecular flexibility index (Phi) is 5.48. The highest BCUT2D eigenvalue weighted by Crippen LogP contribution is 2.22. The number of amides is 1. The first kappa shape index (κ1) is 13.9. The average molecular weight is 252 g/mol. The molecule has 104 valence electrons. The van der Waals surface area contributed by atoms with Gasteiger partial charge in [0.05, 0.1) is 6.54 Å². The minimum Gasteiger partial charge on any atom is -0.352 e. The zero-order valence-electron chi connectivity index (χ0n) is 11.8. The molecule has 0 saturated heterocycles. The van der Waals surface area contributed by atoms with Gasteiger partial charge in [-0.2, -0.15) is 0 Å². The van der Waals surface area contributed by atoms with E-state index >= 15 is 0 Å². The molecule has 0 radical (unpaired) electrons. The lowest BCUT2D eigenvalue weighted by atomic mass is 9.94. The molecule has 1 amide bonds. The van der Waals surface area contributed by atoms with E-state index in [1.54, 1.807) is 0 Å². The van der Waals surface area contributed by atoms with Crippen molar-refractivity contribution in [2.75, 3.05) is 13.1 Å². The fourth-order valence-electron chi connectivity index (χ4n) is 3.47. The smallest absolute Gasteiger partial charge is 0.234 e. The van der Waals surface area contributed by atoms with Gasteiger partial charge in [0, 0.05) is 12.1 Å². The fourth-order valence-corrected chi connectivity index (χ4v) is 3.47. The van der Waals surface area contributed by atoms with Crippen molar-refractivity contribution in [2.45, 2.75) is 76.8 Å². The van der Waals surface area contributed by atoms with Crippen LogP contribution in [0.2, 0.25) is 0 Å². The summed E-state index contributed by atoms with van der Waals surface area (Å²) in [5, 5.41) is 3.20. The first-order chi connectivity index (χ1) is 8.79. The van der Waals surface area contributed by atoms with Gasteiger partial charge in [0.15, 0.2) is 0 Å². The molecule has 0 atom stereocenters. The summed E-state index contributed by atoms with van der Waals surface area (Å²) in [5.41, 5.74) is 0. The van der Waals surface area contributed by atoms with Gasteiger partial charge < -0.3 is 5.32 Å². The third-order valence-corrected chi connectivity index (χ3v) is 4.56. The van der Waals surface area contributed by atoms with Crippen LogP contribution in [-0.2, 0) is 4.79 Å². The summed E-state index contributed by atoms with van der Waals surface area (Å²) in [7, 11) is 0. The van der Waals surface area contributed by atoms with Crippen molar-refractivity contribution >= 4 is 5.91 Å².